The molecule has 1 unspecified atom stereocenters. The van der Waals surface area contributed by atoms with Gasteiger partial charge in [-0.3, -0.25) is 14.4 Å². The fraction of sp³-hybridized carbons (Fsp3) is 0.270. The summed E-state index contributed by atoms with van der Waals surface area (Å²) in [6.45, 7) is 0. The topological polar surface area (TPSA) is 94.3 Å². The van der Waals surface area contributed by atoms with Crippen molar-refractivity contribution in [3.63, 3.8) is 0 Å². The van der Waals surface area contributed by atoms with Gasteiger partial charge in [0.1, 0.15) is 11.7 Å². The number of nitrogens with one attached hydrogen (secondary N) is 3. The quantitative estimate of drug-likeness (QED) is 0.181. The number of hydrogen-bond donors (Lipinski definition) is 3. The summed E-state index contributed by atoms with van der Waals surface area (Å²) < 4.78 is 0. The second kappa shape index (κ2) is 12.8. The number of para-hydroxylation sites is 1. The number of amides is 3. The van der Waals surface area contributed by atoms with Crippen molar-refractivity contribution in [1.82, 2.24) is 20.5 Å². The predicted molar refractivity (Wildman–Crippen MR) is 174 cm³/mol. The second-order valence-electron chi connectivity index (χ2n) is 11.9. The van der Waals surface area contributed by atoms with Gasteiger partial charge in [-0.15, -0.1) is 0 Å². The van der Waals surface area contributed by atoms with Crippen molar-refractivity contribution in [2.75, 3.05) is 7.05 Å². The number of aromatic nitrogens is 1. The predicted octanol–water partition coefficient (Wildman–Crippen LogP) is 6.14. The van der Waals surface area contributed by atoms with Crippen LogP contribution in [0.1, 0.15) is 53.6 Å². The van der Waals surface area contributed by atoms with E-state index < -0.39 is 11.7 Å². The zero-order valence-electron chi connectivity index (χ0n) is 25.0. The summed E-state index contributed by atoms with van der Waals surface area (Å²) >= 11 is 0. The van der Waals surface area contributed by atoms with Gasteiger partial charge in [0.25, 0.3) is 5.91 Å². The van der Waals surface area contributed by atoms with E-state index in [1.54, 1.807) is 18.1 Å². The largest absolute Gasteiger partial charge is 0.360 e. The molecule has 7 heteroatoms. The van der Waals surface area contributed by atoms with Gasteiger partial charge in [-0.25, -0.2) is 0 Å². The number of hydrogen-bond acceptors (Lipinski definition) is 3. The Bertz CT molecular complexity index is 1790. The van der Waals surface area contributed by atoms with Gasteiger partial charge in [-0.2, -0.15) is 0 Å². The molecule has 5 aromatic rings. The molecular weight excluding hydrogens is 548 g/mol. The molecule has 0 bridgehead atoms. The lowest BCUT2D eigenvalue weighted by molar-refractivity contribution is -0.136. The first-order chi connectivity index (χ1) is 21.4. The Morgan fingerprint density at radius 1 is 0.818 bits per heavy atom. The maximum Gasteiger partial charge on any atom is 0.254 e. The molecule has 1 heterocycles. The molecule has 1 aliphatic rings. The third-order valence-electron chi connectivity index (χ3n) is 8.93. The molecule has 1 fully saturated rings. The van der Waals surface area contributed by atoms with Crippen LogP contribution in [0.4, 0.5) is 0 Å². The molecule has 0 radical (unpaired) electrons. The van der Waals surface area contributed by atoms with Gasteiger partial charge in [-0.1, -0.05) is 110 Å². The molecule has 224 valence electrons. The van der Waals surface area contributed by atoms with Gasteiger partial charge in [0, 0.05) is 30.6 Å². The number of nitrogens with zero attached hydrogens (tertiary/aromatic N) is 1. The molecule has 0 aliphatic heterocycles. The molecule has 3 amide bonds. The molecule has 1 aliphatic carbocycles. The fourth-order valence-electron chi connectivity index (χ4n) is 6.34. The van der Waals surface area contributed by atoms with E-state index in [9.17, 15) is 14.4 Å². The van der Waals surface area contributed by atoms with E-state index >= 15 is 0 Å². The van der Waals surface area contributed by atoms with E-state index in [1.807, 2.05) is 72.8 Å². The molecule has 44 heavy (non-hydrogen) atoms. The lowest BCUT2D eigenvalue weighted by Gasteiger charge is -2.39. The lowest BCUT2D eigenvalue weighted by Crippen LogP contribution is -2.63. The Morgan fingerprint density at radius 2 is 1.52 bits per heavy atom. The number of fused-ring (bicyclic) bond motifs is 2. The molecule has 6 rings (SSSR count). The lowest BCUT2D eigenvalue weighted by atomic mass is 9.80. The van der Waals surface area contributed by atoms with Crippen molar-refractivity contribution in [3.05, 3.63) is 120 Å². The first kappa shape index (κ1) is 29.2. The Morgan fingerprint density at radius 3 is 2.32 bits per heavy atom. The molecule has 0 spiro atoms. The van der Waals surface area contributed by atoms with E-state index in [1.165, 1.54) is 0 Å². The van der Waals surface area contributed by atoms with Crippen LogP contribution in [-0.4, -0.2) is 46.4 Å². The van der Waals surface area contributed by atoms with Crippen LogP contribution in [0.15, 0.2) is 103 Å². The molecule has 1 aromatic heterocycles. The first-order valence-corrected chi connectivity index (χ1v) is 15.4. The third-order valence-corrected chi connectivity index (χ3v) is 8.93. The van der Waals surface area contributed by atoms with Crippen molar-refractivity contribution < 1.29 is 14.4 Å². The highest BCUT2D eigenvalue weighted by Crippen LogP contribution is 2.30. The number of carbonyl (C=O) groups excluding carboxylic acids is 3. The number of carbonyl (C=O) groups is 3. The summed E-state index contributed by atoms with van der Waals surface area (Å²) in [5.41, 5.74) is 2.23. The van der Waals surface area contributed by atoms with Gasteiger partial charge in [0.05, 0.1) is 12.0 Å². The minimum absolute atomic E-state index is 0.0946. The molecule has 0 saturated heterocycles. The zero-order chi connectivity index (χ0) is 30.5. The fourth-order valence-corrected chi connectivity index (χ4v) is 6.34. The second-order valence-corrected chi connectivity index (χ2v) is 11.9. The summed E-state index contributed by atoms with van der Waals surface area (Å²) in [7, 11) is 1.75. The molecule has 7 nitrogen and oxygen atoms in total. The van der Waals surface area contributed by atoms with Crippen molar-refractivity contribution in [2.45, 2.75) is 56.7 Å². The van der Waals surface area contributed by atoms with Gasteiger partial charge in [0.15, 0.2) is 0 Å². The highest BCUT2D eigenvalue weighted by Gasteiger charge is 2.42. The third kappa shape index (κ3) is 6.23. The number of benzene rings is 4. The standard InChI is InChI=1S/C37H38N4O3/c1-41(34(42)24-26-12-4-2-5-13-26)33(23-27-18-19-28-14-6-7-15-29(28)22-27)39-36(44)37(20-10-3-11-21-37)40-35(43)31-25-38-32-17-9-8-16-30(31)32/h2,4-9,12-19,22,25,33,38H,3,10-11,20-21,23-24H2,1H3,(H,39,44)(H,40,43). The van der Waals surface area contributed by atoms with E-state index in [0.717, 1.165) is 52.1 Å². The summed E-state index contributed by atoms with van der Waals surface area (Å²) in [5, 5.41) is 9.42. The van der Waals surface area contributed by atoms with E-state index in [-0.39, 0.29) is 24.1 Å². The number of likely N-dealkylation sites (N-methyl/N-ethyl adjacent to an activating group) is 1. The highest BCUT2D eigenvalue weighted by molar-refractivity contribution is 6.08. The Labute approximate surface area is 257 Å². The van der Waals surface area contributed by atoms with Gasteiger partial charge >= 0.3 is 0 Å². The zero-order valence-corrected chi connectivity index (χ0v) is 25.0. The average molecular weight is 587 g/mol. The van der Waals surface area contributed by atoms with Crippen molar-refractivity contribution in [3.8, 4) is 0 Å². The number of H-pyrrole nitrogens is 1. The van der Waals surface area contributed by atoms with Crippen LogP contribution in [0, 0.1) is 0 Å². The van der Waals surface area contributed by atoms with Gasteiger partial charge in [0.2, 0.25) is 11.8 Å². The van der Waals surface area contributed by atoms with Crippen LogP contribution in [0.25, 0.3) is 21.7 Å². The molecule has 1 atom stereocenters. The monoisotopic (exact) mass is 586 g/mol. The first-order valence-electron chi connectivity index (χ1n) is 15.4. The summed E-state index contributed by atoms with van der Waals surface area (Å²) in [5.74, 6) is -0.627. The summed E-state index contributed by atoms with van der Waals surface area (Å²) in [6, 6.07) is 31.6. The van der Waals surface area contributed by atoms with Crippen LogP contribution >= 0.6 is 0 Å². The molecule has 3 N–H and O–H groups in total. The Hall–Kier alpha value is -4.91. The van der Waals surface area contributed by atoms with Crippen LogP contribution in [0.5, 0.6) is 0 Å². The van der Waals surface area contributed by atoms with Crippen LogP contribution in [0.3, 0.4) is 0 Å². The van der Waals surface area contributed by atoms with Crippen LogP contribution in [-0.2, 0) is 22.4 Å². The van der Waals surface area contributed by atoms with Gasteiger partial charge < -0.3 is 20.5 Å². The molecule has 4 aromatic carbocycles. The summed E-state index contributed by atoms with van der Waals surface area (Å²) in [6.07, 6.45) is 5.50. The SMILES string of the molecule is CN(C(=O)Cc1ccccc1)C(Cc1ccc2ccccc2c1)NC(=O)C1(NC(=O)c2c[nH]c3ccccc23)CCCCC1. The van der Waals surface area contributed by atoms with E-state index in [0.29, 0.717) is 24.8 Å². The minimum Gasteiger partial charge on any atom is -0.360 e. The maximum absolute atomic E-state index is 14.3. The van der Waals surface area contributed by atoms with Crippen LogP contribution in [0.2, 0.25) is 0 Å². The average Bonchev–Trinajstić information content (AvgIpc) is 3.49. The maximum atomic E-state index is 14.3. The number of aromatic amines is 1. The van der Waals surface area contributed by atoms with E-state index in [2.05, 4.69) is 39.9 Å². The van der Waals surface area contributed by atoms with Crippen molar-refractivity contribution >= 4 is 39.4 Å². The van der Waals surface area contributed by atoms with Crippen molar-refractivity contribution in [1.29, 1.82) is 0 Å². The summed E-state index contributed by atoms with van der Waals surface area (Å²) in [4.78, 5) is 46.3. The molecule has 1 saturated carbocycles. The van der Waals surface area contributed by atoms with E-state index in [4.69, 9.17) is 0 Å². The van der Waals surface area contributed by atoms with Crippen molar-refractivity contribution in [2.24, 2.45) is 0 Å². The normalized spacial score (nSPS) is 15.0. The van der Waals surface area contributed by atoms with Crippen LogP contribution < -0.4 is 10.6 Å². The Balaban J connectivity index is 1.28. The number of rotatable bonds is 9. The Kier molecular flexibility index (Phi) is 8.46. The van der Waals surface area contributed by atoms with Gasteiger partial charge in [-0.05, 0) is 40.8 Å². The minimum atomic E-state index is -1.07. The highest BCUT2D eigenvalue weighted by atomic mass is 16.2. The smallest absolute Gasteiger partial charge is 0.254 e. The molecular formula is C37H38N4O3.